The Kier molecular flexibility index (Phi) is 5.85. The van der Waals surface area contributed by atoms with Gasteiger partial charge in [-0.05, 0) is 49.8 Å². The maximum atomic E-state index is 12.5. The Morgan fingerprint density at radius 3 is 2.17 bits per heavy atom. The highest BCUT2D eigenvalue weighted by molar-refractivity contribution is 5.76. The molecule has 0 aliphatic heterocycles. The first-order chi connectivity index (χ1) is 11.3. The summed E-state index contributed by atoms with van der Waals surface area (Å²) in [5, 5.41) is 11.8. The molecule has 1 aromatic rings. The lowest BCUT2D eigenvalue weighted by molar-refractivity contribution is -0.143. The number of aliphatic carboxylic acids is 1. The quantitative estimate of drug-likeness (QED) is 0.861. The molecule has 4 nitrogen and oxygen atoms in total. The minimum absolute atomic E-state index is 0.0132. The zero-order chi connectivity index (χ0) is 17.7. The summed E-state index contributed by atoms with van der Waals surface area (Å²) >= 11 is 0. The van der Waals surface area contributed by atoms with Crippen molar-refractivity contribution in [3.05, 3.63) is 35.4 Å². The van der Waals surface area contributed by atoms with Crippen LogP contribution in [0.2, 0.25) is 0 Å². The lowest BCUT2D eigenvalue weighted by Crippen LogP contribution is -2.38. The van der Waals surface area contributed by atoms with Gasteiger partial charge in [0.15, 0.2) is 0 Å². The van der Waals surface area contributed by atoms with Crippen molar-refractivity contribution in [3.8, 4) is 0 Å². The average molecular weight is 343 g/mol. The normalized spacial score (nSPS) is 21.3. The van der Waals surface area contributed by atoms with Crippen LogP contribution < -0.4 is 5.32 Å². The summed E-state index contributed by atoms with van der Waals surface area (Å²) in [7, 11) is 0. The molecule has 132 valence electrons. The molecule has 2 rings (SSSR count). The van der Waals surface area contributed by atoms with Crippen molar-refractivity contribution < 1.29 is 27.9 Å². The minimum Gasteiger partial charge on any atom is -0.481 e. The molecule has 2 N–H and O–H groups in total. The number of carbonyl (C=O) groups excluding carboxylic acids is 1. The molecule has 0 radical (unpaired) electrons. The Labute approximate surface area is 138 Å². The van der Waals surface area contributed by atoms with Crippen LogP contribution >= 0.6 is 0 Å². The summed E-state index contributed by atoms with van der Waals surface area (Å²) in [6, 6.07) is 4.78. The summed E-state index contributed by atoms with van der Waals surface area (Å²) in [5.74, 6) is -1.28. The lowest BCUT2D eigenvalue weighted by atomic mass is 9.86. The third kappa shape index (κ3) is 5.25. The van der Waals surface area contributed by atoms with Gasteiger partial charge in [-0.3, -0.25) is 9.59 Å². The molecule has 1 aliphatic rings. The predicted molar refractivity (Wildman–Crippen MR) is 81.3 cm³/mol. The van der Waals surface area contributed by atoms with Gasteiger partial charge in [0.2, 0.25) is 5.91 Å². The number of nitrogens with one attached hydrogen (secondary N) is 1. The topological polar surface area (TPSA) is 66.4 Å². The van der Waals surface area contributed by atoms with E-state index in [1.54, 1.807) is 0 Å². The number of benzene rings is 1. The summed E-state index contributed by atoms with van der Waals surface area (Å²) in [6.45, 7) is 0. The summed E-state index contributed by atoms with van der Waals surface area (Å²) in [6.07, 6.45) is -1.40. The van der Waals surface area contributed by atoms with Crippen molar-refractivity contribution in [3.63, 3.8) is 0 Å². The van der Waals surface area contributed by atoms with Crippen LogP contribution in [0.15, 0.2) is 24.3 Å². The molecule has 0 heterocycles. The second kappa shape index (κ2) is 7.68. The van der Waals surface area contributed by atoms with E-state index in [2.05, 4.69) is 5.32 Å². The number of halogens is 3. The monoisotopic (exact) mass is 343 g/mol. The molecule has 0 unspecified atom stereocenters. The minimum atomic E-state index is -4.36. The fraction of sp³-hybridized carbons (Fsp3) is 0.529. The van der Waals surface area contributed by atoms with Crippen LogP contribution in [0.5, 0.6) is 0 Å². The summed E-state index contributed by atoms with van der Waals surface area (Å²) < 4.78 is 37.4. The van der Waals surface area contributed by atoms with Crippen LogP contribution in [-0.2, 0) is 22.2 Å². The zero-order valence-corrected chi connectivity index (χ0v) is 13.1. The van der Waals surface area contributed by atoms with Gasteiger partial charge in [-0.25, -0.2) is 0 Å². The molecule has 24 heavy (non-hydrogen) atoms. The van der Waals surface area contributed by atoms with E-state index in [9.17, 15) is 22.8 Å². The number of amides is 1. The first kappa shape index (κ1) is 18.3. The van der Waals surface area contributed by atoms with E-state index in [1.165, 1.54) is 12.1 Å². The largest absolute Gasteiger partial charge is 0.481 e. The molecule has 1 saturated carbocycles. The Hall–Kier alpha value is -2.05. The van der Waals surface area contributed by atoms with Gasteiger partial charge in [0, 0.05) is 12.5 Å². The molecule has 0 bridgehead atoms. The number of alkyl halides is 3. The number of hydrogen-bond acceptors (Lipinski definition) is 2. The summed E-state index contributed by atoms with van der Waals surface area (Å²) in [5.41, 5.74) is -0.0290. The molecule has 0 saturated heterocycles. The van der Waals surface area contributed by atoms with Crippen molar-refractivity contribution in [1.29, 1.82) is 0 Å². The van der Waals surface area contributed by atoms with Gasteiger partial charge in [-0.1, -0.05) is 12.1 Å². The highest BCUT2D eigenvalue weighted by Crippen LogP contribution is 2.29. The number of carbonyl (C=O) groups is 2. The fourth-order valence-electron chi connectivity index (χ4n) is 2.90. The van der Waals surface area contributed by atoms with E-state index in [-0.39, 0.29) is 24.3 Å². The van der Waals surface area contributed by atoms with E-state index in [4.69, 9.17) is 5.11 Å². The molecule has 1 aromatic carbocycles. The van der Waals surface area contributed by atoms with Gasteiger partial charge in [0.25, 0.3) is 0 Å². The number of aryl methyl sites for hydroxylation is 1. The highest BCUT2D eigenvalue weighted by atomic mass is 19.4. The molecule has 1 fully saturated rings. The molecule has 1 amide bonds. The van der Waals surface area contributed by atoms with E-state index < -0.39 is 17.7 Å². The van der Waals surface area contributed by atoms with Gasteiger partial charge >= 0.3 is 12.1 Å². The second-order valence-corrected chi connectivity index (χ2v) is 6.15. The third-order valence-corrected chi connectivity index (χ3v) is 4.36. The Bertz CT molecular complexity index is 576. The summed E-state index contributed by atoms with van der Waals surface area (Å²) in [4.78, 5) is 22.8. The van der Waals surface area contributed by atoms with Crippen LogP contribution in [0.3, 0.4) is 0 Å². The van der Waals surface area contributed by atoms with Crippen LogP contribution in [0.1, 0.15) is 43.2 Å². The van der Waals surface area contributed by atoms with Gasteiger partial charge in [0.1, 0.15) is 0 Å². The highest BCUT2D eigenvalue weighted by Gasteiger charge is 2.30. The van der Waals surface area contributed by atoms with Gasteiger partial charge < -0.3 is 10.4 Å². The van der Waals surface area contributed by atoms with Crippen molar-refractivity contribution in [2.75, 3.05) is 0 Å². The number of carboxylic acid groups (broad SMARTS) is 1. The molecule has 0 spiro atoms. The van der Waals surface area contributed by atoms with Crippen LogP contribution in [0, 0.1) is 5.92 Å². The van der Waals surface area contributed by atoms with Gasteiger partial charge in [-0.15, -0.1) is 0 Å². The van der Waals surface area contributed by atoms with E-state index in [0.717, 1.165) is 12.1 Å². The van der Waals surface area contributed by atoms with Crippen molar-refractivity contribution >= 4 is 11.9 Å². The van der Waals surface area contributed by atoms with Crippen LogP contribution in [0.25, 0.3) is 0 Å². The molecular formula is C17H20F3NO3. The first-order valence-electron chi connectivity index (χ1n) is 7.94. The Morgan fingerprint density at radius 2 is 1.67 bits per heavy atom. The average Bonchev–Trinajstić information content (AvgIpc) is 2.53. The van der Waals surface area contributed by atoms with Crippen LogP contribution in [0.4, 0.5) is 13.2 Å². The molecule has 7 heteroatoms. The zero-order valence-electron chi connectivity index (χ0n) is 13.1. The smallest absolute Gasteiger partial charge is 0.416 e. The standard InChI is InChI=1S/C17H20F3NO3/c18-17(19,20)13-6-1-11(2-7-13)3-10-15(22)21-14-8-4-12(5-9-14)16(23)24/h1-2,6-7,12,14H,3-5,8-10H2,(H,21,22)(H,23,24). The fourth-order valence-corrected chi connectivity index (χ4v) is 2.90. The van der Waals surface area contributed by atoms with Crippen molar-refractivity contribution in [2.45, 2.75) is 50.7 Å². The number of carboxylic acids is 1. The third-order valence-electron chi connectivity index (χ3n) is 4.36. The molecule has 1 aliphatic carbocycles. The SMILES string of the molecule is O=C(CCc1ccc(C(F)(F)F)cc1)NC1CCC(C(=O)O)CC1. The lowest BCUT2D eigenvalue weighted by Gasteiger charge is -2.26. The Balaban J connectivity index is 1.75. The van der Waals surface area contributed by atoms with Crippen molar-refractivity contribution in [1.82, 2.24) is 5.32 Å². The van der Waals surface area contributed by atoms with Crippen molar-refractivity contribution in [2.24, 2.45) is 5.92 Å². The van der Waals surface area contributed by atoms with E-state index in [0.29, 0.717) is 37.7 Å². The first-order valence-corrected chi connectivity index (χ1v) is 7.94. The Morgan fingerprint density at radius 1 is 1.08 bits per heavy atom. The van der Waals surface area contributed by atoms with Gasteiger partial charge in [0.05, 0.1) is 11.5 Å². The van der Waals surface area contributed by atoms with E-state index in [1.807, 2.05) is 0 Å². The number of hydrogen-bond donors (Lipinski definition) is 2. The van der Waals surface area contributed by atoms with Gasteiger partial charge in [-0.2, -0.15) is 13.2 Å². The number of rotatable bonds is 5. The molecule has 0 aromatic heterocycles. The predicted octanol–water partition coefficient (Wildman–Crippen LogP) is 3.40. The van der Waals surface area contributed by atoms with Crippen LogP contribution in [-0.4, -0.2) is 23.0 Å². The maximum absolute atomic E-state index is 12.5. The second-order valence-electron chi connectivity index (χ2n) is 6.15. The molecular weight excluding hydrogens is 323 g/mol. The molecule has 0 atom stereocenters. The van der Waals surface area contributed by atoms with E-state index >= 15 is 0 Å². The maximum Gasteiger partial charge on any atom is 0.416 e.